The van der Waals surface area contributed by atoms with E-state index in [1.807, 2.05) is 6.92 Å². The summed E-state index contributed by atoms with van der Waals surface area (Å²) in [6, 6.07) is 0.319. The molecule has 1 unspecified atom stereocenters. The van der Waals surface area contributed by atoms with Crippen LogP contribution in [0.25, 0.3) is 0 Å². The van der Waals surface area contributed by atoms with Crippen molar-refractivity contribution in [3.8, 4) is 0 Å². The molecule has 1 aliphatic rings. The van der Waals surface area contributed by atoms with Gasteiger partial charge in [0.2, 0.25) is 5.91 Å². The van der Waals surface area contributed by atoms with Crippen LogP contribution in [0.15, 0.2) is 0 Å². The molecule has 0 saturated carbocycles. The Bertz CT molecular complexity index is 288. The molecule has 0 aromatic carbocycles. The molecule has 0 radical (unpaired) electrons. The van der Waals surface area contributed by atoms with Crippen LogP contribution in [0, 0.1) is 5.92 Å². The molecule has 1 fully saturated rings. The Balaban J connectivity index is 2.26. The molecule has 1 atom stereocenters. The summed E-state index contributed by atoms with van der Waals surface area (Å²) in [5.74, 6) is 0.328. The lowest BCUT2D eigenvalue weighted by Crippen LogP contribution is -2.47. The Labute approximate surface area is 115 Å². The minimum atomic E-state index is 0.129. The number of thiocarbonyl (C=S) groups is 1. The SMILES string of the molecule is CCCC(C)C(=O)NC1CCN(CC(N)=S)CC1. The van der Waals surface area contributed by atoms with Gasteiger partial charge >= 0.3 is 0 Å². The lowest BCUT2D eigenvalue weighted by atomic mass is 10.0. The van der Waals surface area contributed by atoms with Gasteiger partial charge in [-0.3, -0.25) is 9.69 Å². The number of amides is 1. The summed E-state index contributed by atoms with van der Waals surface area (Å²) in [5.41, 5.74) is 5.53. The van der Waals surface area contributed by atoms with Gasteiger partial charge in [0, 0.05) is 31.6 Å². The molecule has 0 aromatic rings. The average molecular weight is 271 g/mol. The second-order valence-corrected chi connectivity index (χ2v) is 5.74. The van der Waals surface area contributed by atoms with Gasteiger partial charge in [0.15, 0.2) is 0 Å². The van der Waals surface area contributed by atoms with Gasteiger partial charge < -0.3 is 11.1 Å². The smallest absolute Gasteiger partial charge is 0.223 e. The number of hydrogen-bond acceptors (Lipinski definition) is 3. The lowest BCUT2D eigenvalue weighted by molar-refractivity contribution is -0.125. The van der Waals surface area contributed by atoms with Crippen molar-refractivity contribution in [2.24, 2.45) is 11.7 Å². The lowest BCUT2D eigenvalue weighted by Gasteiger charge is -2.32. The predicted octanol–water partition coefficient (Wildman–Crippen LogP) is 1.29. The van der Waals surface area contributed by atoms with E-state index in [1.165, 1.54) is 0 Å². The number of likely N-dealkylation sites (tertiary alicyclic amines) is 1. The number of piperidine rings is 1. The quantitative estimate of drug-likeness (QED) is 0.715. The first-order chi connectivity index (χ1) is 8.52. The molecule has 0 bridgehead atoms. The summed E-state index contributed by atoms with van der Waals surface area (Å²) in [4.78, 5) is 14.7. The summed E-state index contributed by atoms with van der Waals surface area (Å²) in [5, 5.41) is 3.15. The third kappa shape index (κ3) is 5.31. The number of hydrogen-bond donors (Lipinski definition) is 2. The first kappa shape index (κ1) is 15.4. The molecule has 1 saturated heterocycles. The van der Waals surface area contributed by atoms with Crippen molar-refractivity contribution in [3.63, 3.8) is 0 Å². The van der Waals surface area contributed by atoms with Crippen LogP contribution in [0.1, 0.15) is 39.5 Å². The number of carbonyl (C=O) groups excluding carboxylic acids is 1. The topological polar surface area (TPSA) is 58.4 Å². The third-order valence-electron chi connectivity index (χ3n) is 3.48. The van der Waals surface area contributed by atoms with Crippen molar-refractivity contribution < 1.29 is 4.79 Å². The molecule has 18 heavy (non-hydrogen) atoms. The summed E-state index contributed by atoms with van der Waals surface area (Å²) in [6.45, 7) is 6.73. The fraction of sp³-hybridized carbons (Fsp3) is 0.846. The number of carbonyl (C=O) groups is 1. The third-order valence-corrected chi connectivity index (χ3v) is 3.61. The van der Waals surface area contributed by atoms with E-state index in [9.17, 15) is 4.79 Å². The molecular weight excluding hydrogens is 246 g/mol. The molecule has 1 rings (SSSR count). The standard InChI is InChI=1S/C13H25N3OS/c1-3-4-10(2)13(17)15-11-5-7-16(8-6-11)9-12(14)18/h10-11H,3-9H2,1-2H3,(H2,14,18)(H,15,17). The van der Waals surface area contributed by atoms with Crippen molar-refractivity contribution in [3.05, 3.63) is 0 Å². The summed E-state index contributed by atoms with van der Waals surface area (Å²) >= 11 is 4.91. The molecular formula is C13H25N3OS. The van der Waals surface area contributed by atoms with E-state index in [0.29, 0.717) is 17.6 Å². The van der Waals surface area contributed by atoms with Crippen LogP contribution >= 0.6 is 12.2 Å². The minimum absolute atomic E-state index is 0.129. The van der Waals surface area contributed by atoms with E-state index >= 15 is 0 Å². The predicted molar refractivity (Wildman–Crippen MR) is 78.5 cm³/mol. The van der Waals surface area contributed by atoms with E-state index in [-0.39, 0.29) is 11.8 Å². The first-order valence-corrected chi connectivity index (χ1v) is 7.24. The molecule has 3 N–H and O–H groups in total. The number of rotatable bonds is 6. The highest BCUT2D eigenvalue weighted by molar-refractivity contribution is 7.80. The maximum Gasteiger partial charge on any atom is 0.223 e. The fourth-order valence-corrected chi connectivity index (χ4v) is 2.55. The average Bonchev–Trinajstić information content (AvgIpc) is 2.31. The van der Waals surface area contributed by atoms with E-state index in [2.05, 4.69) is 17.1 Å². The highest BCUT2D eigenvalue weighted by Gasteiger charge is 2.22. The van der Waals surface area contributed by atoms with Crippen molar-refractivity contribution in [2.45, 2.75) is 45.6 Å². The number of nitrogens with one attached hydrogen (secondary N) is 1. The molecule has 4 nitrogen and oxygen atoms in total. The van der Waals surface area contributed by atoms with Crippen LogP contribution in [-0.4, -0.2) is 41.5 Å². The normalized spacial score (nSPS) is 19.4. The van der Waals surface area contributed by atoms with E-state index in [4.69, 9.17) is 18.0 Å². The molecule has 0 aromatic heterocycles. The first-order valence-electron chi connectivity index (χ1n) is 6.84. The van der Waals surface area contributed by atoms with E-state index in [1.54, 1.807) is 0 Å². The van der Waals surface area contributed by atoms with Crippen LogP contribution in [0.4, 0.5) is 0 Å². The zero-order chi connectivity index (χ0) is 13.5. The molecule has 1 heterocycles. The zero-order valence-corrected chi connectivity index (χ0v) is 12.3. The van der Waals surface area contributed by atoms with Gasteiger partial charge in [0.05, 0.1) is 4.99 Å². The van der Waals surface area contributed by atoms with Crippen LogP contribution in [0.3, 0.4) is 0 Å². The van der Waals surface area contributed by atoms with Gasteiger partial charge in [-0.2, -0.15) is 0 Å². The summed E-state index contributed by atoms with van der Waals surface area (Å²) < 4.78 is 0. The zero-order valence-electron chi connectivity index (χ0n) is 11.4. The minimum Gasteiger partial charge on any atom is -0.392 e. The second-order valence-electron chi connectivity index (χ2n) is 5.22. The molecule has 5 heteroatoms. The summed E-state index contributed by atoms with van der Waals surface area (Å²) in [6.07, 6.45) is 4.01. The maximum absolute atomic E-state index is 11.9. The molecule has 104 valence electrons. The maximum atomic E-state index is 11.9. The van der Waals surface area contributed by atoms with Gasteiger partial charge in [-0.1, -0.05) is 32.5 Å². The van der Waals surface area contributed by atoms with Crippen LogP contribution in [-0.2, 0) is 4.79 Å². The van der Waals surface area contributed by atoms with Crippen LogP contribution < -0.4 is 11.1 Å². The van der Waals surface area contributed by atoms with Crippen molar-refractivity contribution in [1.82, 2.24) is 10.2 Å². The Kier molecular flexibility index (Phi) is 6.57. The van der Waals surface area contributed by atoms with Gasteiger partial charge in [0.1, 0.15) is 0 Å². The van der Waals surface area contributed by atoms with Crippen molar-refractivity contribution >= 4 is 23.1 Å². The molecule has 1 aliphatic heterocycles. The van der Waals surface area contributed by atoms with Gasteiger partial charge in [-0.05, 0) is 19.3 Å². The van der Waals surface area contributed by atoms with E-state index < -0.39 is 0 Å². The monoisotopic (exact) mass is 271 g/mol. The largest absolute Gasteiger partial charge is 0.392 e. The van der Waals surface area contributed by atoms with Crippen LogP contribution in [0.2, 0.25) is 0 Å². The van der Waals surface area contributed by atoms with E-state index in [0.717, 1.165) is 38.8 Å². The molecule has 0 aliphatic carbocycles. The van der Waals surface area contributed by atoms with Crippen molar-refractivity contribution in [1.29, 1.82) is 0 Å². The highest BCUT2D eigenvalue weighted by Crippen LogP contribution is 2.12. The number of nitrogens with zero attached hydrogens (tertiary/aromatic N) is 1. The van der Waals surface area contributed by atoms with Gasteiger partial charge in [-0.25, -0.2) is 0 Å². The van der Waals surface area contributed by atoms with Gasteiger partial charge in [-0.15, -0.1) is 0 Å². The Morgan fingerprint density at radius 1 is 1.50 bits per heavy atom. The van der Waals surface area contributed by atoms with Crippen molar-refractivity contribution in [2.75, 3.05) is 19.6 Å². The Hall–Kier alpha value is -0.680. The highest BCUT2D eigenvalue weighted by atomic mass is 32.1. The molecule has 0 spiro atoms. The Morgan fingerprint density at radius 3 is 2.61 bits per heavy atom. The van der Waals surface area contributed by atoms with Gasteiger partial charge in [0.25, 0.3) is 0 Å². The fourth-order valence-electron chi connectivity index (χ4n) is 2.36. The molecule has 1 amide bonds. The second kappa shape index (κ2) is 7.69. The van der Waals surface area contributed by atoms with Crippen LogP contribution in [0.5, 0.6) is 0 Å². The Morgan fingerprint density at radius 2 is 2.11 bits per heavy atom. The summed E-state index contributed by atoms with van der Waals surface area (Å²) in [7, 11) is 0. The number of nitrogens with two attached hydrogens (primary N) is 1.